The Labute approximate surface area is 200 Å². The first-order valence-electron chi connectivity index (χ1n) is 12.1. The highest BCUT2D eigenvalue weighted by atomic mass is 16.5. The highest BCUT2D eigenvalue weighted by molar-refractivity contribution is 5.80. The number of rotatable bonds is 8. The molecule has 4 rings (SSSR count). The minimum Gasteiger partial charge on any atom is -0.481 e. The average Bonchev–Trinajstić information content (AvgIpc) is 3.16. The number of benzene rings is 2. The molecular weight excluding hydrogens is 432 g/mol. The van der Waals surface area contributed by atoms with Crippen LogP contribution in [0.25, 0.3) is 11.1 Å². The Morgan fingerprint density at radius 3 is 2.35 bits per heavy atom. The van der Waals surface area contributed by atoms with Crippen molar-refractivity contribution in [1.29, 1.82) is 0 Å². The largest absolute Gasteiger partial charge is 0.481 e. The van der Waals surface area contributed by atoms with E-state index in [4.69, 9.17) is 4.74 Å². The first-order chi connectivity index (χ1) is 16.5. The zero-order chi connectivity index (χ0) is 24.1. The number of carboxylic acids is 1. The van der Waals surface area contributed by atoms with Crippen LogP contribution in [0.4, 0.5) is 4.79 Å². The van der Waals surface area contributed by atoms with Gasteiger partial charge in [-0.1, -0.05) is 61.9 Å². The summed E-state index contributed by atoms with van der Waals surface area (Å²) in [6.07, 6.45) is 2.34. The molecule has 7 nitrogen and oxygen atoms in total. The number of nitrogens with one attached hydrogen (secondary N) is 1. The third kappa shape index (κ3) is 5.24. The molecule has 7 heteroatoms. The van der Waals surface area contributed by atoms with Gasteiger partial charge in [-0.3, -0.25) is 9.59 Å². The molecule has 180 valence electrons. The van der Waals surface area contributed by atoms with E-state index < -0.39 is 18.0 Å². The topological polar surface area (TPSA) is 95.9 Å². The summed E-state index contributed by atoms with van der Waals surface area (Å²) in [6, 6.07) is 16.0. The molecule has 2 aromatic rings. The lowest BCUT2D eigenvalue weighted by atomic mass is 9.97. The normalized spacial score (nSPS) is 18.0. The highest BCUT2D eigenvalue weighted by Crippen LogP contribution is 2.44. The van der Waals surface area contributed by atoms with Gasteiger partial charge < -0.3 is 20.1 Å². The van der Waals surface area contributed by atoms with Crippen LogP contribution >= 0.6 is 0 Å². The van der Waals surface area contributed by atoms with E-state index in [2.05, 4.69) is 29.6 Å². The Hall–Kier alpha value is -3.35. The maximum absolute atomic E-state index is 12.8. The van der Waals surface area contributed by atoms with Crippen molar-refractivity contribution in [3.05, 3.63) is 59.7 Å². The smallest absolute Gasteiger partial charge is 0.407 e. The number of hydrogen-bond donors (Lipinski definition) is 2. The van der Waals surface area contributed by atoms with Crippen molar-refractivity contribution in [2.45, 2.75) is 51.0 Å². The van der Waals surface area contributed by atoms with Gasteiger partial charge in [0.25, 0.3) is 0 Å². The minimum absolute atomic E-state index is 0.0225. The molecule has 1 aliphatic heterocycles. The number of carbonyl (C=O) groups is 3. The van der Waals surface area contributed by atoms with E-state index in [0.29, 0.717) is 25.8 Å². The van der Waals surface area contributed by atoms with Gasteiger partial charge in [0, 0.05) is 31.5 Å². The molecule has 2 N–H and O–H groups in total. The molecule has 0 radical (unpaired) electrons. The average molecular weight is 465 g/mol. The Morgan fingerprint density at radius 1 is 1.09 bits per heavy atom. The van der Waals surface area contributed by atoms with Crippen molar-refractivity contribution in [3.63, 3.8) is 0 Å². The molecule has 1 aliphatic carbocycles. The predicted molar refractivity (Wildman–Crippen MR) is 128 cm³/mol. The third-order valence-electron chi connectivity index (χ3n) is 6.85. The molecule has 1 heterocycles. The molecule has 2 aromatic carbocycles. The molecule has 0 aromatic heterocycles. The van der Waals surface area contributed by atoms with Crippen LogP contribution in [-0.2, 0) is 14.3 Å². The van der Waals surface area contributed by atoms with Crippen LogP contribution in [0.15, 0.2) is 48.5 Å². The lowest BCUT2D eigenvalue weighted by Gasteiger charge is -2.32. The Bertz CT molecular complexity index is 1010. The lowest BCUT2D eigenvalue weighted by Crippen LogP contribution is -2.45. The molecular formula is C27H32N2O5. The van der Waals surface area contributed by atoms with E-state index in [0.717, 1.165) is 17.5 Å². The van der Waals surface area contributed by atoms with Gasteiger partial charge >= 0.3 is 12.1 Å². The standard InChI is InChI=1S/C27H32N2O5/c1-2-8-19(15-25(30)29-14-7-9-18(16-29)26(31)32)28-27(33)34-17-24-22-12-5-3-10-20(22)21-11-4-6-13-23(21)24/h3-6,10-13,18-19,24H,2,7-9,14-17H2,1H3,(H,28,33)(H,31,32)/t18?,19-/m0/s1. The number of likely N-dealkylation sites (tertiary alicyclic amines) is 1. The van der Waals surface area contributed by atoms with Crippen molar-refractivity contribution in [1.82, 2.24) is 10.2 Å². The van der Waals surface area contributed by atoms with Crippen LogP contribution in [0.3, 0.4) is 0 Å². The molecule has 34 heavy (non-hydrogen) atoms. The molecule has 2 atom stereocenters. The second-order valence-corrected chi connectivity index (χ2v) is 9.18. The number of alkyl carbamates (subject to hydrolysis) is 1. The minimum atomic E-state index is -0.862. The van der Waals surface area contributed by atoms with E-state index >= 15 is 0 Å². The van der Waals surface area contributed by atoms with Crippen LogP contribution in [0.5, 0.6) is 0 Å². The molecule has 1 fully saturated rings. The summed E-state index contributed by atoms with van der Waals surface area (Å²) in [5.74, 6) is -1.52. The zero-order valence-corrected chi connectivity index (χ0v) is 19.5. The van der Waals surface area contributed by atoms with Crippen molar-refractivity contribution < 1.29 is 24.2 Å². The van der Waals surface area contributed by atoms with Crippen molar-refractivity contribution >= 4 is 18.0 Å². The summed E-state index contributed by atoms with van der Waals surface area (Å²) in [4.78, 5) is 38.4. The fourth-order valence-electron chi connectivity index (χ4n) is 5.13. The number of nitrogens with zero attached hydrogens (tertiary/aromatic N) is 1. The van der Waals surface area contributed by atoms with Crippen LogP contribution in [0.1, 0.15) is 56.1 Å². The van der Waals surface area contributed by atoms with E-state index in [1.165, 1.54) is 11.1 Å². The quantitative estimate of drug-likeness (QED) is 0.603. The van der Waals surface area contributed by atoms with Gasteiger partial charge in [-0.05, 0) is 41.5 Å². The fourth-order valence-corrected chi connectivity index (χ4v) is 5.13. The zero-order valence-electron chi connectivity index (χ0n) is 19.5. The second kappa shape index (κ2) is 10.7. The molecule has 1 saturated heterocycles. The van der Waals surface area contributed by atoms with Gasteiger partial charge in [0.05, 0.1) is 5.92 Å². The Morgan fingerprint density at radius 2 is 1.74 bits per heavy atom. The first kappa shape index (κ1) is 23.8. The monoisotopic (exact) mass is 464 g/mol. The predicted octanol–water partition coefficient (Wildman–Crippen LogP) is 4.41. The van der Waals surface area contributed by atoms with Crippen LogP contribution in [0.2, 0.25) is 0 Å². The molecule has 0 bridgehead atoms. The van der Waals surface area contributed by atoms with Gasteiger partial charge in [-0.25, -0.2) is 4.79 Å². The lowest BCUT2D eigenvalue weighted by molar-refractivity contribution is -0.145. The molecule has 0 saturated carbocycles. The third-order valence-corrected chi connectivity index (χ3v) is 6.85. The SMILES string of the molecule is CCC[C@@H](CC(=O)N1CCCC(C(=O)O)C1)NC(=O)OCC1c2ccccc2-c2ccccc21. The van der Waals surface area contributed by atoms with Gasteiger partial charge in [-0.15, -0.1) is 0 Å². The van der Waals surface area contributed by atoms with Crippen LogP contribution < -0.4 is 5.32 Å². The second-order valence-electron chi connectivity index (χ2n) is 9.18. The summed E-state index contributed by atoms with van der Waals surface area (Å²) in [6.45, 7) is 3.02. The number of hydrogen-bond acceptors (Lipinski definition) is 4. The number of carboxylic acid groups (broad SMARTS) is 1. The summed E-state index contributed by atoms with van der Waals surface area (Å²) >= 11 is 0. The highest BCUT2D eigenvalue weighted by Gasteiger charge is 2.31. The molecule has 2 aliphatic rings. The van der Waals surface area contributed by atoms with Crippen molar-refractivity contribution in [2.24, 2.45) is 5.92 Å². The van der Waals surface area contributed by atoms with Gasteiger partial charge in [-0.2, -0.15) is 0 Å². The number of amides is 2. The summed E-state index contributed by atoms with van der Waals surface area (Å²) in [5.41, 5.74) is 4.63. The summed E-state index contributed by atoms with van der Waals surface area (Å²) in [5, 5.41) is 12.2. The number of fused-ring (bicyclic) bond motifs is 3. The van der Waals surface area contributed by atoms with Gasteiger partial charge in [0.15, 0.2) is 0 Å². The maximum atomic E-state index is 12.8. The van der Waals surface area contributed by atoms with Crippen LogP contribution in [0, 0.1) is 5.92 Å². The summed E-state index contributed by atoms with van der Waals surface area (Å²) in [7, 11) is 0. The summed E-state index contributed by atoms with van der Waals surface area (Å²) < 4.78 is 5.64. The number of ether oxygens (including phenoxy) is 1. The number of piperidine rings is 1. The van der Waals surface area contributed by atoms with E-state index in [-0.39, 0.29) is 37.4 Å². The van der Waals surface area contributed by atoms with Crippen molar-refractivity contribution in [2.75, 3.05) is 19.7 Å². The van der Waals surface area contributed by atoms with E-state index in [1.54, 1.807) is 4.90 Å². The molecule has 1 unspecified atom stereocenters. The van der Waals surface area contributed by atoms with Crippen molar-refractivity contribution in [3.8, 4) is 11.1 Å². The Balaban J connectivity index is 1.35. The van der Waals surface area contributed by atoms with E-state index in [1.807, 2.05) is 31.2 Å². The van der Waals surface area contributed by atoms with E-state index in [9.17, 15) is 19.5 Å². The van der Waals surface area contributed by atoms with Gasteiger partial charge in [0.1, 0.15) is 6.61 Å². The molecule has 0 spiro atoms. The Kier molecular flexibility index (Phi) is 7.50. The fraction of sp³-hybridized carbons (Fsp3) is 0.444. The number of carbonyl (C=O) groups excluding carboxylic acids is 2. The molecule has 2 amide bonds. The van der Waals surface area contributed by atoms with Gasteiger partial charge in [0.2, 0.25) is 5.91 Å². The maximum Gasteiger partial charge on any atom is 0.407 e. The van der Waals surface area contributed by atoms with Crippen LogP contribution in [-0.4, -0.2) is 53.7 Å². The number of aliphatic carboxylic acids is 1. The first-order valence-corrected chi connectivity index (χ1v) is 12.1.